The van der Waals surface area contributed by atoms with Gasteiger partial charge in [0, 0.05) is 29.0 Å². The fraction of sp³-hybridized carbons (Fsp3) is 0.276. The van der Waals surface area contributed by atoms with Crippen LogP contribution in [0.5, 0.6) is 0 Å². The van der Waals surface area contributed by atoms with Crippen molar-refractivity contribution in [2.45, 2.75) is 36.3 Å². The normalized spacial score (nSPS) is 24.3. The number of carbonyl (C=O) groups is 3. The Morgan fingerprint density at radius 3 is 2.35 bits per heavy atom. The summed E-state index contributed by atoms with van der Waals surface area (Å²) >= 11 is 3.50. The highest BCUT2D eigenvalue weighted by Gasteiger charge is 2.67. The highest BCUT2D eigenvalue weighted by atomic mass is 79.9. The maximum Gasteiger partial charge on any atom is 0.323 e. The van der Waals surface area contributed by atoms with Gasteiger partial charge in [0.1, 0.15) is 11.5 Å². The topological polar surface area (TPSA) is 102 Å². The molecule has 4 unspecified atom stereocenters. The number of halogens is 1. The van der Waals surface area contributed by atoms with Crippen LogP contribution in [0.4, 0.5) is 5.69 Å². The Balaban J connectivity index is 1.76. The lowest BCUT2D eigenvalue weighted by molar-refractivity contribution is -0.143. The van der Waals surface area contributed by atoms with Gasteiger partial charge in [0.15, 0.2) is 0 Å². The summed E-state index contributed by atoms with van der Waals surface area (Å²) in [4.78, 5) is 41.2. The molecular weight excluding hydrogens is 534 g/mol. The number of para-hydroxylation sites is 1. The van der Waals surface area contributed by atoms with Crippen LogP contribution in [0.1, 0.15) is 41.5 Å². The Morgan fingerprint density at radius 2 is 1.68 bits per heavy atom. The summed E-state index contributed by atoms with van der Waals surface area (Å²) in [5.74, 6) is -1.48. The number of rotatable bonds is 7. The van der Waals surface area contributed by atoms with Crippen molar-refractivity contribution < 1.29 is 19.1 Å². The molecule has 0 aliphatic carbocycles. The van der Waals surface area contributed by atoms with Crippen LogP contribution < -0.4 is 16.0 Å². The molecule has 190 valence electrons. The largest absolute Gasteiger partial charge is 0.468 e. The van der Waals surface area contributed by atoms with Gasteiger partial charge in [0.25, 0.3) is 0 Å². The van der Waals surface area contributed by atoms with Crippen molar-refractivity contribution in [2.24, 2.45) is 5.73 Å². The molecule has 1 spiro atoms. The third kappa shape index (κ3) is 4.14. The maximum absolute atomic E-state index is 14.8. The lowest BCUT2D eigenvalue weighted by Crippen LogP contribution is -2.47. The van der Waals surface area contributed by atoms with Gasteiger partial charge >= 0.3 is 5.97 Å². The first-order valence-electron chi connectivity index (χ1n) is 12.2. The van der Waals surface area contributed by atoms with Gasteiger partial charge in [-0.2, -0.15) is 0 Å². The number of nitrogens with zero attached hydrogens (tertiary/aromatic N) is 1. The van der Waals surface area contributed by atoms with Gasteiger partial charge in [0.05, 0.1) is 13.2 Å². The third-order valence-corrected chi connectivity index (χ3v) is 8.02. The zero-order valence-corrected chi connectivity index (χ0v) is 22.0. The molecule has 1 saturated heterocycles. The van der Waals surface area contributed by atoms with E-state index < -0.39 is 35.3 Å². The van der Waals surface area contributed by atoms with Gasteiger partial charge in [0.2, 0.25) is 11.8 Å². The van der Waals surface area contributed by atoms with Crippen LogP contribution in [0.2, 0.25) is 0 Å². The zero-order chi connectivity index (χ0) is 26.2. The molecule has 0 bridgehead atoms. The second-order valence-electron chi connectivity index (χ2n) is 9.45. The SMILES string of the molecule is COC(=O)C1NC(c2ccc(Br)cc2)C2(C(=O)N(CCCC(N)=O)c3ccccc32)C1c1ccccc1. The molecule has 37 heavy (non-hydrogen) atoms. The average Bonchev–Trinajstić information content (AvgIpc) is 3.39. The Labute approximate surface area is 224 Å². The average molecular weight is 562 g/mol. The highest BCUT2D eigenvalue weighted by molar-refractivity contribution is 9.10. The lowest BCUT2D eigenvalue weighted by Gasteiger charge is -2.36. The van der Waals surface area contributed by atoms with E-state index >= 15 is 0 Å². The molecule has 0 radical (unpaired) electrons. The van der Waals surface area contributed by atoms with Crippen molar-refractivity contribution in [1.29, 1.82) is 0 Å². The van der Waals surface area contributed by atoms with Crippen LogP contribution in [0.3, 0.4) is 0 Å². The van der Waals surface area contributed by atoms with Crippen molar-refractivity contribution in [1.82, 2.24) is 5.32 Å². The van der Waals surface area contributed by atoms with E-state index in [1.54, 1.807) is 4.90 Å². The Hall–Kier alpha value is -3.49. The van der Waals surface area contributed by atoms with Crippen LogP contribution in [-0.4, -0.2) is 37.5 Å². The summed E-state index contributed by atoms with van der Waals surface area (Å²) in [5, 5.41) is 3.51. The Bertz CT molecular complexity index is 1330. The predicted molar refractivity (Wildman–Crippen MR) is 144 cm³/mol. The van der Waals surface area contributed by atoms with Crippen LogP contribution in [-0.2, 0) is 24.5 Å². The molecule has 7 nitrogen and oxygen atoms in total. The fourth-order valence-electron chi connectivity index (χ4n) is 6.03. The summed E-state index contributed by atoms with van der Waals surface area (Å²) in [6, 6.07) is 23.9. The van der Waals surface area contributed by atoms with Crippen molar-refractivity contribution in [3.8, 4) is 0 Å². The smallest absolute Gasteiger partial charge is 0.323 e. The molecule has 0 aromatic heterocycles. The maximum atomic E-state index is 14.8. The quantitative estimate of drug-likeness (QED) is 0.425. The number of anilines is 1. The fourth-order valence-corrected chi connectivity index (χ4v) is 6.29. The Morgan fingerprint density at radius 1 is 1.00 bits per heavy atom. The molecule has 3 aromatic carbocycles. The van der Waals surface area contributed by atoms with E-state index in [0.717, 1.165) is 26.9 Å². The van der Waals surface area contributed by atoms with Gasteiger partial charge < -0.3 is 15.4 Å². The van der Waals surface area contributed by atoms with Gasteiger partial charge in [-0.05, 0) is 41.3 Å². The van der Waals surface area contributed by atoms with Gasteiger partial charge in [-0.1, -0.05) is 76.6 Å². The second kappa shape index (κ2) is 10.1. The molecule has 5 rings (SSSR count). The minimum absolute atomic E-state index is 0.112. The summed E-state index contributed by atoms with van der Waals surface area (Å²) < 4.78 is 6.16. The predicted octanol–water partition coefficient (Wildman–Crippen LogP) is 3.97. The van der Waals surface area contributed by atoms with E-state index in [1.807, 2.05) is 78.9 Å². The number of hydrogen-bond donors (Lipinski definition) is 2. The second-order valence-corrected chi connectivity index (χ2v) is 10.4. The zero-order valence-electron chi connectivity index (χ0n) is 20.4. The number of benzene rings is 3. The first-order chi connectivity index (χ1) is 17.9. The number of nitrogens with one attached hydrogen (secondary N) is 1. The highest BCUT2D eigenvalue weighted by Crippen LogP contribution is 2.60. The van der Waals surface area contributed by atoms with Crippen LogP contribution >= 0.6 is 15.9 Å². The molecule has 8 heteroatoms. The van der Waals surface area contributed by atoms with E-state index in [-0.39, 0.29) is 12.3 Å². The minimum Gasteiger partial charge on any atom is -0.468 e. The molecule has 3 N–H and O–H groups in total. The van der Waals surface area contributed by atoms with E-state index in [4.69, 9.17) is 10.5 Å². The van der Waals surface area contributed by atoms with Gasteiger partial charge in [-0.25, -0.2) is 0 Å². The molecule has 1 fully saturated rings. The number of carbonyl (C=O) groups excluding carboxylic acids is 3. The van der Waals surface area contributed by atoms with E-state index in [0.29, 0.717) is 13.0 Å². The number of methoxy groups -OCH3 is 1. The van der Waals surface area contributed by atoms with Crippen molar-refractivity contribution in [3.05, 3.63) is 100 Å². The minimum atomic E-state index is -1.13. The number of primary amides is 1. The van der Waals surface area contributed by atoms with Crippen LogP contribution in [0, 0.1) is 0 Å². The number of esters is 1. The van der Waals surface area contributed by atoms with Crippen molar-refractivity contribution in [3.63, 3.8) is 0 Å². The standard InChI is InChI=1S/C29H28BrN3O4/c1-37-27(35)25-24(18-8-3-2-4-9-18)29(26(32-25)19-13-15-20(30)16-14-19)21-10-5-6-11-22(21)33(28(29)36)17-7-12-23(31)34/h2-6,8-11,13-16,24-26,32H,7,12,17H2,1H3,(H2,31,34). The lowest BCUT2D eigenvalue weighted by atomic mass is 9.63. The molecule has 3 aromatic rings. The number of ether oxygens (including phenoxy) is 1. The van der Waals surface area contributed by atoms with Crippen LogP contribution in [0.15, 0.2) is 83.3 Å². The first-order valence-corrected chi connectivity index (χ1v) is 13.0. The molecule has 2 amide bonds. The summed E-state index contributed by atoms with van der Waals surface area (Å²) in [6.07, 6.45) is 0.624. The molecule has 4 atom stereocenters. The van der Waals surface area contributed by atoms with Crippen LogP contribution in [0.25, 0.3) is 0 Å². The molecule has 2 aliphatic rings. The summed E-state index contributed by atoms with van der Waals surface area (Å²) in [5.41, 5.74) is 7.65. The van der Waals surface area contributed by atoms with Gasteiger partial charge in [-0.15, -0.1) is 0 Å². The van der Waals surface area contributed by atoms with E-state index in [1.165, 1.54) is 7.11 Å². The first kappa shape index (κ1) is 25.2. The number of fused-ring (bicyclic) bond motifs is 2. The van der Waals surface area contributed by atoms with Gasteiger partial charge in [-0.3, -0.25) is 19.7 Å². The Kier molecular flexibility index (Phi) is 6.88. The van der Waals surface area contributed by atoms with E-state index in [2.05, 4.69) is 21.2 Å². The van der Waals surface area contributed by atoms with E-state index in [9.17, 15) is 14.4 Å². The van der Waals surface area contributed by atoms with Crippen molar-refractivity contribution in [2.75, 3.05) is 18.6 Å². The molecule has 0 saturated carbocycles. The monoisotopic (exact) mass is 561 g/mol. The summed E-state index contributed by atoms with van der Waals surface area (Å²) in [6.45, 7) is 0.345. The number of hydrogen-bond acceptors (Lipinski definition) is 5. The van der Waals surface area contributed by atoms with Crippen molar-refractivity contribution >= 4 is 39.4 Å². The molecule has 2 heterocycles. The third-order valence-electron chi connectivity index (χ3n) is 7.49. The number of amides is 2. The number of nitrogens with two attached hydrogens (primary N) is 1. The summed E-state index contributed by atoms with van der Waals surface area (Å²) in [7, 11) is 1.37. The molecular formula is C29H28BrN3O4. The molecule has 2 aliphatic heterocycles.